The van der Waals surface area contributed by atoms with E-state index in [9.17, 15) is 9.59 Å². The molecule has 2 fully saturated rings. The Morgan fingerprint density at radius 1 is 1.10 bits per heavy atom. The summed E-state index contributed by atoms with van der Waals surface area (Å²) < 4.78 is 0. The summed E-state index contributed by atoms with van der Waals surface area (Å²) in [6.45, 7) is 3.99. The van der Waals surface area contributed by atoms with Crippen molar-refractivity contribution >= 4 is 17.5 Å². The molecule has 0 N–H and O–H groups in total. The molecule has 0 aromatic heterocycles. The smallest absolute Gasteiger partial charge is 0.225 e. The van der Waals surface area contributed by atoms with Gasteiger partial charge in [-0.25, -0.2) is 0 Å². The fourth-order valence-corrected chi connectivity index (χ4v) is 3.85. The Kier molecular flexibility index (Phi) is 2.81. The van der Waals surface area contributed by atoms with Crippen molar-refractivity contribution in [2.24, 2.45) is 11.8 Å². The Morgan fingerprint density at radius 2 is 1.86 bits per heavy atom. The first-order valence-corrected chi connectivity index (χ1v) is 7.81. The van der Waals surface area contributed by atoms with Gasteiger partial charge in [0.1, 0.15) is 0 Å². The predicted octanol–water partition coefficient (Wildman–Crippen LogP) is 2.01. The molecule has 1 aliphatic carbocycles. The molecule has 4 rings (SSSR count). The van der Waals surface area contributed by atoms with Crippen molar-refractivity contribution in [2.45, 2.75) is 25.7 Å². The van der Waals surface area contributed by atoms with Gasteiger partial charge < -0.3 is 9.80 Å². The number of likely N-dealkylation sites (tertiary alicyclic amines) is 1. The maximum atomic E-state index is 12.3. The summed E-state index contributed by atoms with van der Waals surface area (Å²) in [5.41, 5.74) is 2.27. The third-order valence-corrected chi connectivity index (χ3v) is 5.10. The highest BCUT2D eigenvalue weighted by molar-refractivity contribution is 5.93. The minimum absolute atomic E-state index is 0.0906. The third-order valence-electron chi connectivity index (χ3n) is 5.10. The average molecular weight is 284 g/mol. The van der Waals surface area contributed by atoms with Gasteiger partial charge in [0.25, 0.3) is 0 Å². The molecule has 0 radical (unpaired) electrons. The van der Waals surface area contributed by atoms with Crippen molar-refractivity contribution < 1.29 is 9.59 Å². The third kappa shape index (κ3) is 2.04. The number of hydrogen-bond donors (Lipinski definition) is 0. The lowest BCUT2D eigenvalue weighted by atomic mass is 9.84. The highest BCUT2D eigenvalue weighted by Gasteiger charge is 2.44. The van der Waals surface area contributed by atoms with Gasteiger partial charge in [-0.1, -0.05) is 18.2 Å². The van der Waals surface area contributed by atoms with Crippen LogP contribution in [0.4, 0.5) is 5.69 Å². The lowest BCUT2D eigenvalue weighted by molar-refractivity contribution is -0.131. The van der Waals surface area contributed by atoms with Crippen LogP contribution in [0.3, 0.4) is 0 Å². The molecule has 2 unspecified atom stereocenters. The van der Waals surface area contributed by atoms with Crippen molar-refractivity contribution in [1.29, 1.82) is 0 Å². The fourth-order valence-electron chi connectivity index (χ4n) is 3.85. The van der Waals surface area contributed by atoms with Gasteiger partial charge >= 0.3 is 0 Å². The minimum atomic E-state index is 0.0906. The first kappa shape index (κ1) is 12.9. The zero-order chi connectivity index (χ0) is 14.6. The fraction of sp³-hybridized carbons (Fsp3) is 0.529. The van der Waals surface area contributed by atoms with Crippen molar-refractivity contribution in [3.05, 3.63) is 29.8 Å². The second-order valence-corrected chi connectivity index (χ2v) is 6.57. The molecule has 1 saturated heterocycles. The van der Waals surface area contributed by atoms with Gasteiger partial charge in [0.2, 0.25) is 11.8 Å². The molecule has 2 aliphatic heterocycles. The lowest BCUT2D eigenvalue weighted by Gasteiger charge is -2.35. The van der Waals surface area contributed by atoms with Gasteiger partial charge in [0, 0.05) is 50.0 Å². The monoisotopic (exact) mass is 284 g/mol. The molecule has 0 spiro atoms. The van der Waals surface area contributed by atoms with E-state index < -0.39 is 0 Å². The Hall–Kier alpha value is -1.84. The van der Waals surface area contributed by atoms with Gasteiger partial charge in [-0.15, -0.1) is 0 Å². The molecule has 4 nitrogen and oxygen atoms in total. The van der Waals surface area contributed by atoms with Crippen LogP contribution in [0.25, 0.3) is 0 Å². The Labute approximate surface area is 124 Å². The highest BCUT2D eigenvalue weighted by atomic mass is 16.2. The summed E-state index contributed by atoms with van der Waals surface area (Å²) in [5.74, 6) is 1.47. The summed E-state index contributed by atoms with van der Waals surface area (Å²) in [6, 6.07) is 8.16. The lowest BCUT2D eigenvalue weighted by Crippen LogP contribution is -2.40. The largest absolute Gasteiger partial charge is 0.341 e. The number of carbonyl (C=O) groups excluding carboxylic acids is 2. The van der Waals surface area contributed by atoms with Gasteiger partial charge in [0.05, 0.1) is 0 Å². The molecular formula is C17H20N2O2. The topological polar surface area (TPSA) is 40.6 Å². The number of benzene rings is 1. The zero-order valence-electron chi connectivity index (χ0n) is 12.3. The zero-order valence-corrected chi connectivity index (χ0v) is 12.3. The number of fused-ring (bicyclic) bond motifs is 3. The van der Waals surface area contributed by atoms with E-state index in [1.54, 1.807) is 6.92 Å². The minimum Gasteiger partial charge on any atom is -0.341 e. The number of nitrogens with zero attached hydrogens (tertiary/aromatic N) is 2. The normalized spacial score (nSPS) is 27.3. The number of para-hydroxylation sites is 1. The Bertz CT molecular complexity index is 609. The molecule has 2 atom stereocenters. The van der Waals surface area contributed by atoms with E-state index >= 15 is 0 Å². The summed E-state index contributed by atoms with van der Waals surface area (Å²) in [7, 11) is 0. The van der Waals surface area contributed by atoms with Crippen molar-refractivity contribution in [2.75, 3.05) is 24.5 Å². The Morgan fingerprint density at radius 3 is 2.57 bits per heavy atom. The number of amides is 2. The number of anilines is 1. The van der Waals surface area contributed by atoms with Crippen molar-refractivity contribution in [1.82, 2.24) is 4.90 Å². The van der Waals surface area contributed by atoms with Crippen LogP contribution in [0.5, 0.6) is 0 Å². The van der Waals surface area contributed by atoms with Crippen LogP contribution in [-0.4, -0.2) is 36.3 Å². The van der Waals surface area contributed by atoms with Gasteiger partial charge in [-0.2, -0.15) is 0 Å². The van der Waals surface area contributed by atoms with Crippen LogP contribution in [0.1, 0.15) is 31.2 Å². The second kappa shape index (κ2) is 4.58. The van der Waals surface area contributed by atoms with E-state index in [4.69, 9.17) is 0 Å². The van der Waals surface area contributed by atoms with E-state index in [-0.39, 0.29) is 11.8 Å². The molecule has 110 valence electrons. The maximum absolute atomic E-state index is 12.3. The number of carbonyl (C=O) groups is 2. The molecule has 2 heterocycles. The molecule has 1 aromatic carbocycles. The van der Waals surface area contributed by atoms with Crippen molar-refractivity contribution in [3.8, 4) is 0 Å². The quantitative estimate of drug-likeness (QED) is 0.791. The molecule has 4 heteroatoms. The number of rotatable bonds is 1. The molecule has 1 aromatic rings. The molecule has 0 bridgehead atoms. The highest BCUT2D eigenvalue weighted by Crippen LogP contribution is 2.44. The molecule has 21 heavy (non-hydrogen) atoms. The van der Waals surface area contributed by atoms with E-state index in [0.717, 1.165) is 38.2 Å². The van der Waals surface area contributed by atoms with Crippen LogP contribution < -0.4 is 4.90 Å². The maximum Gasteiger partial charge on any atom is 0.225 e. The summed E-state index contributed by atoms with van der Waals surface area (Å²) in [6.07, 6.45) is 2.11. The standard InChI is InChI=1S/C17H20N2O2/c1-11(20)19-9-13-8-18(17(21)12-6-7-12)10-15(13)14-4-2-3-5-16(14)19/h2-5,12-13,15H,6-10H2,1H3. The predicted molar refractivity (Wildman–Crippen MR) is 80.0 cm³/mol. The van der Waals surface area contributed by atoms with Gasteiger partial charge in [-0.3, -0.25) is 9.59 Å². The molecule has 1 saturated carbocycles. The van der Waals surface area contributed by atoms with Crippen LogP contribution in [0.2, 0.25) is 0 Å². The SMILES string of the molecule is CC(=O)N1CC2CN(C(=O)C3CC3)CC2c2ccccc21. The van der Waals surface area contributed by atoms with E-state index in [1.807, 2.05) is 28.0 Å². The van der Waals surface area contributed by atoms with Crippen LogP contribution in [0, 0.1) is 11.8 Å². The second-order valence-electron chi connectivity index (χ2n) is 6.57. The molecule has 2 amide bonds. The van der Waals surface area contributed by atoms with E-state index in [2.05, 4.69) is 6.07 Å². The first-order chi connectivity index (χ1) is 10.1. The molecular weight excluding hydrogens is 264 g/mol. The van der Waals surface area contributed by atoms with Gasteiger partial charge in [0.15, 0.2) is 0 Å². The summed E-state index contributed by atoms with van der Waals surface area (Å²) in [5, 5.41) is 0. The molecule has 3 aliphatic rings. The van der Waals surface area contributed by atoms with E-state index in [1.165, 1.54) is 5.56 Å². The number of hydrogen-bond acceptors (Lipinski definition) is 2. The van der Waals surface area contributed by atoms with Crippen LogP contribution in [0.15, 0.2) is 24.3 Å². The van der Waals surface area contributed by atoms with Gasteiger partial charge in [-0.05, 0) is 24.5 Å². The Balaban J connectivity index is 1.66. The summed E-state index contributed by atoms with van der Waals surface area (Å²) in [4.78, 5) is 28.2. The van der Waals surface area contributed by atoms with Crippen LogP contribution in [-0.2, 0) is 9.59 Å². The van der Waals surface area contributed by atoms with E-state index in [0.29, 0.717) is 17.7 Å². The average Bonchev–Trinajstić information content (AvgIpc) is 3.24. The summed E-state index contributed by atoms with van der Waals surface area (Å²) >= 11 is 0. The van der Waals surface area contributed by atoms with Crippen molar-refractivity contribution in [3.63, 3.8) is 0 Å². The first-order valence-electron chi connectivity index (χ1n) is 7.81. The van der Waals surface area contributed by atoms with Crippen LogP contribution >= 0.6 is 0 Å².